The quantitative estimate of drug-likeness (QED) is 0.385. The van der Waals surface area contributed by atoms with Crippen LogP contribution in [-0.4, -0.2) is 30.5 Å². The molecule has 0 aliphatic carbocycles. The van der Waals surface area contributed by atoms with Crippen LogP contribution in [0.3, 0.4) is 0 Å². The van der Waals surface area contributed by atoms with Gasteiger partial charge in [-0.1, -0.05) is 58.8 Å². The predicted molar refractivity (Wildman–Crippen MR) is 68.1 cm³/mol. The van der Waals surface area contributed by atoms with Crippen molar-refractivity contribution in [2.45, 2.75) is 65.7 Å². The summed E-state index contributed by atoms with van der Waals surface area (Å²) in [5.74, 6) is 0. The second-order valence-corrected chi connectivity index (χ2v) is 4.71. The molecule has 0 radical (unpaired) electrons. The number of quaternary nitrogens is 1. The molecule has 0 saturated carbocycles. The zero-order valence-corrected chi connectivity index (χ0v) is 11.6. The molecule has 0 atom stereocenters. The van der Waals surface area contributed by atoms with Crippen LogP contribution < -0.4 is 0 Å². The molecule has 94 valence electrons. The van der Waals surface area contributed by atoms with Crippen LogP contribution in [0.1, 0.15) is 65.7 Å². The Kier molecular flexibility index (Phi) is 13.8. The van der Waals surface area contributed by atoms with Crippen molar-refractivity contribution in [3.8, 4) is 0 Å². The molecule has 2 nitrogen and oxygen atoms in total. The van der Waals surface area contributed by atoms with Crippen molar-refractivity contribution in [2.75, 3.05) is 20.6 Å². The average molecular weight is 218 g/mol. The Hall–Kier alpha value is -0.0800. The smallest absolute Gasteiger partial charge is 0.105 e. The SMILES string of the molecule is CCCCCCCCC.CC[N+](C)(C)O. The minimum Gasteiger partial charge on any atom is -0.218 e. The third-order valence-electron chi connectivity index (χ3n) is 2.48. The Balaban J connectivity index is 0. The highest BCUT2D eigenvalue weighted by Crippen LogP contribution is 2.05. The van der Waals surface area contributed by atoms with Crippen LogP contribution in [0, 0.1) is 0 Å². The standard InChI is InChI=1S/C9H20.C4H12NO/c1-3-5-7-9-8-6-4-2;1-4-5(2,3)6/h3-9H2,1-2H3;6H,4H2,1-3H3/q;+1. The Bertz CT molecular complexity index is 102. The maximum absolute atomic E-state index is 8.76. The van der Waals surface area contributed by atoms with Gasteiger partial charge < -0.3 is 0 Å². The highest BCUT2D eigenvalue weighted by Gasteiger charge is 2.02. The molecule has 0 aliphatic rings. The summed E-state index contributed by atoms with van der Waals surface area (Å²) >= 11 is 0. The second-order valence-electron chi connectivity index (χ2n) is 4.71. The normalized spacial score (nSPS) is 10.8. The van der Waals surface area contributed by atoms with Gasteiger partial charge in [0.2, 0.25) is 0 Å². The number of hydroxylamine groups is 3. The van der Waals surface area contributed by atoms with Crippen molar-refractivity contribution in [2.24, 2.45) is 0 Å². The number of hydrogen-bond donors (Lipinski definition) is 1. The fourth-order valence-electron chi connectivity index (χ4n) is 1.03. The largest absolute Gasteiger partial charge is 0.218 e. The lowest BCUT2D eigenvalue weighted by Crippen LogP contribution is -2.34. The first kappa shape index (κ1) is 17.3. The Morgan fingerprint density at radius 2 is 1.00 bits per heavy atom. The molecule has 0 aliphatic heterocycles. The molecule has 0 spiro atoms. The van der Waals surface area contributed by atoms with E-state index < -0.39 is 0 Å². The van der Waals surface area contributed by atoms with E-state index in [2.05, 4.69) is 13.8 Å². The Morgan fingerprint density at radius 1 is 0.733 bits per heavy atom. The minimum absolute atomic E-state index is 0.0694. The van der Waals surface area contributed by atoms with Gasteiger partial charge in [-0.2, -0.15) is 4.65 Å². The van der Waals surface area contributed by atoms with E-state index in [9.17, 15) is 0 Å². The van der Waals surface area contributed by atoms with Gasteiger partial charge in [0.25, 0.3) is 0 Å². The van der Waals surface area contributed by atoms with Gasteiger partial charge in [-0.25, -0.2) is 5.21 Å². The summed E-state index contributed by atoms with van der Waals surface area (Å²) in [7, 11) is 3.47. The molecule has 0 aromatic carbocycles. The monoisotopic (exact) mass is 218 g/mol. The first-order valence-corrected chi connectivity index (χ1v) is 6.53. The fourth-order valence-corrected chi connectivity index (χ4v) is 1.03. The molecule has 1 N–H and O–H groups in total. The Labute approximate surface area is 96.8 Å². The van der Waals surface area contributed by atoms with Crippen molar-refractivity contribution in [3.63, 3.8) is 0 Å². The van der Waals surface area contributed by atoms with Crippen LogP contribution in [0.4, 0.5) is 0 Å². The molecule has 15 heavy (non-hydrogen) atoms. The van der Waals surface area contributed by atoms with Gasteiger partial charge in [-0.05, 0) is 6.92 Å². The molecular formula is C13H32NO+. The summed E-state index contributed by atoms with van der Waals surface area (Å²) in [6, 6.07) is 0. The van der Waals surface area contributed by atoms with Crippen molar-refractivity contribution in [3.05, 3.63) is 0 Å². The molecule has 2 heteroatoms. The first-order valence-electron chi connectivity index (χ1n) is 6.53. The van der Waals surface area contributed by atoms with E-state index in [0.717, 1.165) is 6.54 Å². The van der Waals surface area contributed by atoms with E-state index >= 15 is 0 Å². The van der Waals surface area contributed by atoms with Crippen LogP contribution >= 0.6 is 0 Å². The highest BCUT2D eigenvalue weighted by atomic mass is 16.5. The molecule has 0 aromatic rings. The topological polar surface area (TPSA) is 20.2 Å². The summed E-state index contributed by atoms with van der Waals surface area (Å²) in [6.07, 6.45) is 9.97. The Morgan fingerprint density at radius 3 is 1.20 bits per heavy atom. The van der Waals surface area contributed by atoms with Gasteiger partial charge in [0.1, 0.15) is 6.54 Å². The number of hydrogen-bond acceptors (Lipinski definition) is 1. The zero-order chi connectivity index (χ0) is 12.2. The molecule has 0 heterocycles. The second kappa shape index (κ2) is 12.0. The molecule has 0 unspecified atom stereocenters. The van der Waals surface area contributed by atoms with E-state index in [1.165, 1.54) is 44.9 Å². The highest BCUT2D eigenvalue weighted by molar-refractivity contribution is 4.41. The van der Waals surface area contributed by atoms with Crippen LogP contribution in [0.25, 0.3) is 0 Å². The molecule has 0 bridgehead atoms. The van der Waals surface area contributed by atoms with Gasteiger partial charge >= 0.3 is 0 Å². The summed E-state index contributed by atoms with van der Waals surface area (Å²) in [6.45, 7) is 7.22. The van der Waals surface area contributed by atoms with Crippen molar-refractivity contribution < 1.29 is 9.85 Å². The molecule has 0 aromatic heterocycles. The van der Waals surface area contributed by atoms with Gasteiger partial charge in [0.15, 0.2) is 0 Å². The molecule has 0 rings (SSSR count). The number of unbranched alkanes of at least 4 members (excludes halogenated alkanes) is 6. The van der Waals surface area contributed by atoms with Crippen LogP contribution in [0.5, 0.6) is 0 Å². The van der Waals surface area contributed by atoms with Crippen LogP contribution in [0.15, 0.2) is 0 Å². The lowest BCUT2D eigenvalue weighted by molar-refractivity contribution is -1.07. The third-order valence-corrected chi connectivity index (χ3v) is 2.48. The van der Waals surface area contributed by atoms with E-state index in [-0.39, 0.29) is 4.65 Å². The maximum atomic E-state index is 8.76. The summed E-state index contributed by atoms with van der Waals surface area (Å²) < 4.78 is 0.0694. The van der Waals surface area contributed by atoms with Gasteiger partial charge in [-0.15, -0.1) is 0 Å². The molecular weight excluding hydrogens is 186 g/mol. The van der Waals surface area contributed by atoms with E-state index in [0.29, 0.717) is 0 Å². The summed E-state index contributed by atoms with van der Waals surface area (Å²) in [4.78, 5) is 0. The predicted octanol–water partition coefficient (Wildman–Crippen LogP) is 4.23. The summed E-state index contributed by atoms with van der Waals surface area (Å²) in [5.41, 5.74) is 0. The van der Waals surface area contributed by atoms with Crippen LogP contribution in [0.2, 0.25) is 0 Å². The molecule has 0 saturated heterocycles. The van der Waals surface area contributed by atoms with Crippen molar-refractivity contribution in [1.82, 2.24) is 0 Å². The minimum atomic E-state index is 0.0694. The van der Waals surface area contributed by atoms with E-state index in [1.54, 1.807) is 14.1 Å². The first-order chi connectivity index (χ1) is 6.97. The van der Waals surface area contributed by atoms with Gasteiger partial charge in [0, 0.05) is 0 Å². The van der Waals surface area contributed by atoms with E-state index in [1.807, 2.05) is 6.92 Å². The number of nitrogens with zero attached hydrogens (tertiary/aromatic N) is 1. The summed E-state index contributed by atoms with van der Waals surface area (Å²) in [5, 5.41) is 8.76. The molecule has 0 amide bonds. The molecule has 0 fully saturated rings. The fraction of sp³-hybridized carbons (Fsp3) is 1.00. The van der Waals surface area contributed by atoms with Crippen molar-refractivity contribution >= 4 is 0 Å². The third kappa shape index (κ3) is 24.9. The number of rotatable bonds is 7. The van der Waals surface area contributed by atoms with Gasteiger partial charge in [0.05, 0.1) is 14.1 Å². The maximum Gasteiger partial charge on any atom is 0.105 e. The zero-order valence-electron chi connectivity index (χ0n) is 11.6. The van der Waals surface area contributed by atoms with Crippen molar-refractivity contribution in [1.29, 1.82) is 0 Å². The average Bonchev–Trinajstić information content (AvgIpc) is 2.18. The lowest BCUT2D eigenvalue weighted by atomic mass is 10.1. The van der Waals surface area contributed by atoms with E-state index in [4.69, 9.17) is 5.21 Å². The van der Waals surface area contributed by atoms with Gasteiger partial charge in [-0.3, -0.25) is 0 Å². The lowest BCUT2D eigenvalue weighted by Gasteiger charge is -2.15. The van der Waals surface area contributed by atoms with Crippen LogP contribution in [-0.2, 0) is 0 Å².